The minimum atomic E-state index is -0.398. The average molecular weight is 453 g/mol. The van der Waals surface area contributed by atoms with Crippen molar-refractivity contribution < 1.29 is 9.47 Å². The molecule has 0 aliphatic carbocycles. The molecule has 6 heteroatoms. The van der Waals surface area contributed by atoms with E-state index in [4.69, 9.17) is 37.8 Å². The van der Waals surface area contributed by atoms with Crippen LogP contribution >= 0.6 is 23.2 Å². The predicted octanol–water partition coefficient (Wildman–Crippen LogP) is 7.02. The van der Waals surface area contributed by atoms with Crippen molar-refractivity contribution >= 4 is 28.9 Å². The summed E-state index contributed by atoms with van der Waals surface area (Å²) in [6, 6.07) is 21.8. The van der Waals surface area contributed by atoms with E-state index < -0.39 is 6.23 Å². The number of benzene rings is 3. The zero-order chi connectivity index (χ0) is 21.5. The Morgan fingerprint density at radius 3 is 2.48 bits per heavy atom. The van der Waals surface area contributed by atoms with Crippen LogP contribution in [-0.2, 0) is 0 Å². The Hall–Kier alpha value is -2.69. The largest absolute Gasteiger partial charge is 0.491 e. The standard InChI is InChI=1S/C25H22Cl2N2O2/c1-15(2)30-19-10-8-17(9-11-19)25-29-23(14-22(28-29)16-6-4-3-5-7-16)20-12-18(26)13-21(27)24(20)31-25/h3-13,15,23,25H,14H2,1-2H3. The van der Waals surface area contributed by atoms with Gasteiger partial charge in [-0.05, 0) is 55.8 Å². The molecule has 0 saturated heterocycles. The number of hydrogen-bond donors (Lipinski definition) is 0. The molecule has 0 N–H and O–H groups in total. The van der Waals surface area contributed by atoms with Crippen LogP contribution in [0.3, 0.4) is 0 Å². The average Bonchev–Trinajstić information content (AvgIpc) is 3.20. The van der Waals surface area contributed by atoms with Crippen LogP contribution in [0.25, 0.3) is 0 Å². The fourth-order valence-electron chi connectivity index (χ4n) is 4.12. The van der Waals surface area contributed by atoms with Crippen LogP contribution in [0, 0.1) is 0 Å². The molecule has 3 aromatic carbocycles. The summed E-state index contributed by atoms with van der Waals surface area (Å²) in [5.74, 6) is 1.50. The smallest absolute Gasteiger partial charge is 0.213 e. The van der Waals surface area contributed by atoms with Crippen LogP contribution < -0.4 is 9.47 Å². The molecule has 2 atom stereocenters. The number of hydrazone groups is 1. The molecular formula is C25H22Cl2N2O2. The second kappa shape index (κ2) is 8.10. The summed E-state index contributed by atoms with van der Waals surface area (Å²) in [4.78, 5) is 0. The maximum atomic E-state index is 6.54. The predicted molar refractivity (Wildman–Crippen MR) is 124 cm³/mol. The van der Waals surface area contributed by atoms with Gasteiger partial charge < -0.3 is 9.47 Å². The highest BCUT2D eigenvalue weighted by Gasteiger charge is 2.42. The van der Waals surface area contributed by atoms with Crippen LogP contribution in [0.15, 0.2) is 71.8 Å². The molecule has 0 amide bonds. The second-order valence-corrected chi connectivity index (χ2v) is 8.87. The molecule has 158 valence electrons. The molecule has 2 heterocycles. The van der Waals surface area contributed by atoms with Gasteiger partial charge in [-0.2, -0.15) is 5.10 Å². The summed E-state index contributed by atoms with van der Waals surface area (Å²) < 4.78 is 12.2. The van der Waals surface area contributed by atoms with Crippen LogP contribution in [0.5, 0.6) is 11.5 Å². The molecule has 5 rings (SSSR count). The van der Waals surface area contributed by atoms with Gasteiger partial charge in [-0.25, -0.2) is 5.01 Å². The van der Waals surface area contributed by atoms with E-state index in [1.807, 2.05) is 67.4 Å². The summed E-state index contributed by atoms with van der Waals surface area (Å²) >= 11 is 12.9. The topological polar surface area (TPSA) is 34.1 Å². The first-order chi connectivity index (χ1) is 15.0. The molecule has 0 fully saturated rings. The van der Waals surface area contributed by atoms with Gasteiger partial charge in [0.2, 0.25) is 6.23 Å². The second-order valence-electron chi connectivity index (χ2n) is 8.02. The van der Waals surface area contributed by atoms with Crippen molar-refractivity contribution in [2.24, 2.45) is 5.10 Å². The number of nitrogens with zero attached hydrogens (tertiary/aromatic N) is 2. The summed E-state index contributed by atoms with van der Waals surface area (Å²) in [5, 5.41) is 8.10. The minimum absolute atomic E-state index is 0.00764. The molecule has 0 bridgehead atoms. The fraction of sp³-hybridized carbons (Fsp3) is 0.240. The first-order valence-electron chi connectivity index (χ1n) is 10.3. The highest BCUT2D eigenvalue weighted by molar-refractivity contribution is 6.35. The van der Waals surface area contributed by atoms with Gasteiger partial charge in [0.15, 0.2) is 0 Å². The Morgan fingerprint density at radius 2 is 1.77 bits per heavy atom. The Labute approximate surface area is 192 Å². The van der Waals surface area contributed by atoms with Crippen LogP contribution in [0.2, 0.25) is 10.0 Å². The summed E-state index contributed by atoms with van der Waals surface area (Å²) in [7, 11) is 0. The molecule has 0 spiro atoms. The Kier molecular flexibility index (Phi) is 5.28. The monoisotopic (exact) mass is 452 g/mol. The third-order valence-corrected chi connectivity index (χ3v) is 5.95. The molecule has 3 aromatic rings. The minimum Gasteiger partial charge on any atom is -0.491 e. The normalized spacial score (nSPS) is 19.5. The lowest BCUT2D eigenvalue weighted by Crippen LogP contribution is -2.33. The van der Waals surface area contributed by atoms with Gasteiger partial charge in [-0.1, -0.05) is 53.5 Å². The van der Waals surface area contributed by atoms with Gasteiger partial charge >= 0.3 is 0 Å². The van der Waals surface area contributed by atoms with Gasteiger partial charge in [0.25, 0.3) is 0 Å². The van der Waals surface area contributed by atoms with Gasteiger partial charge in [0.1, 0.15) is 11.5 Å². The van der Waals surface area contributed by atoms with E-state index in [1.165, 1.54) is 0 Å². The van der Waals surface area contributed by atoms with Crippen molar-refractivity contribution in [2.75, 3.05) is 0 Å². The van der Waals surface area contributed by atoms with E-state index in [1.54, 1.807) is 6.07 Å². The molecule has 4 nitrogen and oxygen atoms in total. The van der Waals surface area contributed by atoms with Crippen LogP contribution in [0.4, 0.5) is 0 Å². The zero-order valence-electron chi connectivity index (χ0n) is 17.3. The maximum Gasteiger partial charge on any atom is 0.213 e. The molecule has 0 aromatic heterocycles. The first-order valence-corrected chi connectivity index (χ1v) is 11.1. The Bertz CT molecular complexity index is 1130. The summed E-state index contributed by atoms with van der Waals surface area (Å²) in [6.07, 6.45) is 0.473. The third-order valence-electron chi connectivity index (χ3n) is 5.45. The van der Waals surface area contributed by atoms with Crippen molar-refractivity contribution in [3.8, 4) is 11.5 Å². The zero-order valence-corrected chi connectivity index (χ0v) is 18.8. The first kappa shape index (κ1) is 20.2. The lowest BCUT2D eigenvalue weighted by molar-refractivity contribution is -0.0189. The van der Waals surface area contributed by atoms with Gasteiger partial charge in [-0.15, -0.1) is 0 Å². The quantitative estimate of drug-likeness (QED) is 0.426. The highest BCUT2D eigenvalue weighted by atomic mass is 35.5. The summed E-state index contributed by atoms with van der Waals surface area (Å²) in [6.45, 7) is 4.02. The Balaban J connectivity index is 1.56. The van der Waals surface area contributed by atoms with Crippen LogP contribution in [-0.4, -0.2) is 16.8 Å². The van der Waals surface area contributed by atoms with E-state index >= 15 is 0 Å². The van der Waals surface area contributed by atoms with E-state index in [2.05, 4.69) is 12.1 Å². The van der Waals surface area contributed by atoms with E-state index in [-0.39, 0.29) is 12.1 Å². The molecule has 2 aliphatic heterocycles. The SMILES string of the molecule is CC(C)Oc1ccc(C2Oc3c(Cl)cc(Cl)cc3C3CC(c4ccccc4)=NN32)cc1. The number of halogens is 2. The number of hydrogen-bond acceptors (Lipinski definition) is 4. The number of fused-ring (bicyclic) bond motifs is 3. The molecular weight excluding hydrogens is 431 g/mol. The van der Waals surface area contributed by atoms with Crippen LogP contribution in [0.1, 0.15) is 49.2 Å². The molecule has 2 unspecified atom stereocenters. The highest BCUT2D eigenvalue weighted by Crippen LogP contribution is 2.50. The molecule has 0 radical (unpaired) electrons. The van der Waals surface area contributed by atoms with Crippen molar-refractivity contribution in [1.29, 1.82) is 0 Å². The van der Waals surface area contributed by atoms with Gasteiger partial charge in [-0.3, -0.25) is 0 Å². The molecule has 0 saturated carbocycles. The number of rotatable bonds is 4. The van der Waals surface area contributed by atoms with Crippen molar-refractivity contribution in [3.63, 3.8) is 0 Å². The fourth-order valence-corrected chi connectivity index (χ4v) is 4.68. The van der Waals surface area contributed by atoms with Gasteiger partial charge in [0.05, 0.1) is 22.9 Å². The van der Waals surface area contributed by atoms with Crippen molar-refractivity contribution in [3.05, 3.63) is 93.5 Å². The van der Waals surface area contributed by atoms with E-state index in [9.17, 15) is 0 Å². The lowest BCUT2D eigenvalue weighted by atomic mass is 9.96. The van der Waals surface area contributed by atoms with Gasteiger partial charge in [0, 0.05) is 22.6 Å². The summed E-state index contributed by atoms with van der Waals surface area (Å²) in [5.41, 5.74) is 4.06. The van der Waals surface area contributed by atoms with E-state index in [0.29, 0.717) is 15.8 Å². The number of ether oxygens (including phenoxy) is 2. The molecule has 31 heavy (non-hydrogen) atoms. The lowest BCUT2D eigenvalue weighted by Gasteiger charge is -2.38. The third kappa shape index (κ3) is 3.86. The van der Waals surface area contributed by atoms with Crippen molar-refractivity contribution in [2.45, 2.75) is 38.6 Å². The van der Waals surface area contributed by atoms with E-state index in [0.717, 1.165) is 34.6 Å². The van der Waals surface area contributed by atoms with Crippen molar-refractivity contribution in [1.82, 2.24) is 5.01 Å². The Morgan fingerprint density at radius 1 is 1.03 bits per heavy atom. The molecule has 2 aliphatic rings. The maximum absolute atomic E-state index is 6.54.